The summed E-state index contributed by atoms with van der Waals surface area (Å²) in [6, 6.07) is 25.4. The number of rotatable bonds is 15. The molecule has 12 heteroatoms. The van der Waals surface area contributed by atoms with E-state index in [0.717, 1.165) is 9.87 Å². The molecule has 9 nitrogen and oxygen atoms in total. The first kappa shape index (κ1) is 36.6. The van der Waals surface area contributed by atoms with Gasteiger partial charge in [0.25, 0.3) is 10.0 Å². The minimum Gasteiger partial charge on any atom is -0.493 e. The van der Waals surface area contributed by atoms with Gasteiger partial charge in [-0.1, -0.05) is 84.7 Å². The van der Waals surface area contributed by atoms with Crippen molar-refractivity contribution in [2.24, 2.45) is 0 Å². The van der Waals surface area contributed by atoms with Gasteiger partial charge in [-0.2, -0.15) is 0 Å². The smallest absolute Gasteiger partial charge is 0.264 e. The van der Waals surface area contributed by atoms with Gasteiger partial charge < -0.3 is 19.7 Å². The third kappa shape index (κ3) is 9.00. The van der Waals surface area contributed by atoms with Crippen molar-refractivity contribution in [3.8, 4) is 11.5 Å². The van der Waals surface area contributed by atoms with E-state index in [1.54, 1.807) is 42.5 Å². The van der Waals surface area contributed by atoms with E-state index in [2.05, 4.69) is 5.32 Å². The summed E-state index contributed by atoms with van der Waals surface area (Å²) in [5.74, 6) is -0.352. The number of hydrogen-bond acceptors (Lipinski definition) is 6. The van der Waals surface area contributed by atoms with Crippen molar-refractivity contribution in [3.63, 3.8) is 0 Å². The summed E-state index contributed by atoms with van der Waals surface area (Å²) in [5, 5.41) is 3.72. The van der Waals surface area contributed by atoms with Gasteiger partial charge in [0.15, 0.2) is 11.5 Å². The zero-order valence-electron chi connectivity index (χ0n) is 27.2. The Morgan fingerprint density at radius 1 is 0.854 bits per heavy atom. The standard InChI is InChI=1S/C36H39Cl2N3O6S/c1-5-25(2)39-36(43)32(20-26-12-8-6-9-13-26)40(23-27-16-17-28(37)21-31(27)38)35(42)24-41(48(44,45)30-14-10-7-11-15-30)29-18-19-33(46-3)34(22-29)47-4/h6-19,21-22,25,32H,5,20,23-24H2,1-4H3,(H,39,43). The van der Waals surface area contributed by atoms with Crippen molar-refractivity contribution < 1.29 is 27.5 Å². The average molecular weight is 713 g/mol. The lowest BCUT2D eigenvalue weighted by Crippen LogP contribution is -2.54. The molecule has 4 aromatic carbocycles. The number of carbonyl (C=O) groups is 2. The molecule has 0 saturated carbocycles. The van der Waals surface area contributed by atoms with Gasteiger partial charge in [0.05, 0.1) is 24.8 Å². The van der Waals surface area contributed by atoms with Crippen molar-refractivity contribution >= 4 is 50.7 Å². The zero-order chi connectivity index (χ0) is 34.8. The molecule has 4 aromatic rings. The Kier molecular flexibility index (Phi) is 12.7. The van der Waals surface area contributed by atoms with E-state index in [0.29, 0.717) is 27.8 Å². The van der Waals surface area contributed by atoms with Crippen LogP contribution < -0.4 is 19.1 Å². The number of nitrogens with one attached hydrogen (secondary N) is 1. The van der Waals surface area contributed by atoms with Crippen LogP contribution in [0.25, 0.3) is 0 Å². The maximum atomic E-state index is 14.7. The lowest BCUT2D eigenvalue weighted by molar-refractivity contribution is -0.140. The minimum atomic E-state index is -4.30. The normalized spacial score (nSPS) is 12.5. The molecule has 48 heavy (non-hydrogen) atoms. The van der Waals surface area contributed by atoms with Gasteiger partial charge in [-0.25, -0.2) is 8.42 Å². The fraction of sp³-hybridized carbons (Fsp3) is 0.278. The Bertz CT molecular complexity index is 1810. The first-order valence-electron chi connectivity index (χ1n) is 15.4. The molecule has 0 aromatic heterocycles. The maximum Gasteiger partial charge on any atom is 0.264 e. The number of nitrogens with zero attached hydrogens (tertiary/aromatic N) is 2. The Hall–Kier alpha value is -4.25. The van der Waals surface area contributed by atoms with Crippen molar-refractivity contribution in [2.45, 2.75) is 50.2 Å². The molecule has 1 N–H and O–H groups in total. The quantitative estimate of drug-likeness (QED) is 0.146. The Balaban J connectivity index is 1.86. The molecule has 0 aliphatic rings. The van der Waals surface area contributed by atoms with Crippen LogP contribution in [0, 0.1) is 0 Å². The first-order chi connectivity index (χ1) is 23.0. The van der Waals surface area contributed by atoms with E-state index in [4.69, 9.17) is 32.7 Å². The largest absolute Gasteiger partial charge is 0.493 e. The van der Waals surface area contributed by atoms with Crippen LogP contribution >= 0.6 is 23.2 Å². The first-order valence-corrected chi connectivity index (χ1v) is 17.6. The van der Waals surface area contributed by atoms with Crippen LogP contribution in [-0.2, 0) is 32.6 Å². The van der Waals surface area contributed by atoms with Gasteiger partial charge in [0.1, 0.15) is 12.6 Å². The van der Waals surface area contributed by atoms with Crippen LogP contribution in [0.3, 0.4) is 0 Å². The topological polar surface area (TPSA) is 105 Å². The van der Waals surface area contributed by atoms with Gasteiger partial charge in [0.2, 0.25) is 11.8 Å². The number of halogens is 2. The number of benzene rings is 4. The fourth-order valence-corrected chi connectivity index (χ4v) is 6.95. The highest BCUT2D eigenvalue weighted by atomic mass is 35.5. The predicted octanol–water partition coefficient (Wildman–Crippen LogP) is 6.76. The molecule has 0 aliphatic carbocycles. The van der Waals surface area contributed by atoms with Crippen molar-refractivity contribution in [3.05, 3.63) is 118 Å². The molecule has 0 fully saturated rings. The van der Waals surface area contributed by atoms with Crippen molar-refractivity contribution in [1.29, 1.82) is 0 Å². The number of carbonyl (C=O) groups excluding carboxylic acids is 2. The lowest BCUT2D eigenvalue weighted by atomic mass is 10.0. The molecule has 0 spiro atoms. The van der Waals surface area contributed by atoms with E-state index in [1.807, 2.05) is 44.2 Å². The third-order valence-corrected chi connectivity index (χ3v) is 10.3. The van der Waals surface area contributed by atoms with Crippen molar-refractivity contribution in [2.75, 3.05) is 25.1 Å². The fourth-order valence-electron chi connectivity index (χ4n) is 5.06. The van der Waals surface area contributed by atoms with Crippen molar-refractivity contribution in [1.82, 2.24) is 10.2 Å². The van der Waals surface area contributed by atoms with E-state index >= 15 is 0 Å². The molecule has 2 amide bonds. The van der Waals surface area contributed by atoms with Gasteiger partial charge in [0, 0.05) is 35.1 Å². The predicted molar refractivity (Wildman–Crippen MR) is 189 cm³/mol. The molecule has 0 heterocycles. The number of amides is 2. The number of sulfonamides is 1. The van der Waals surface area contributed by atoms with E-state index in [9.17, 15) is 18.0 Å². The minimum absolute atomic E-state index is 0.0183. The number of ether oxygens (including phenoxy) is 2. The SMILES string of the molecule is CCC(C)NC(=O)C(Cc1ccccc1)N(Cc1ccc(Cl)cc1Cl)C(=O)CN(c1ccc(OC)c(OC)c1)S(=O)(=O)c1ccccc1. The monoisotopic (exact) mass is 711 g/mol. The molecule has 2 atom stereocenters. The van der Waals surface area contributed by atoms with Gasteiger partial charge in [-0.15, -0.1) is 0 Å². The van der Waals surface area contributed by atoms with Gasteiger partial charge in [-0.3, -0.25) is 13.9 Å². The third-order valence-electron chi connectivity index (χ3n) is 7.89. The van der Waals surface area contributed by atoms with Crippen LogP contribution in [0.5, 0.6) is 11.5 Å². The van der Waals surface area contributed by atoms with E-state index < -0.39 is 28.5 Å². The molecule has 0 radical (unpaired) electrons. The summed E-state index contributed by atoms with van der Waals surface area (Å²) in [4.78, 5) is 30.0. The summed E-state index contributed by atoms with van der Waals surface area (Å²) < 4.78 is 40.3. The highest BCUT2D eigenvalue weighted by molar-refractivity contribution is 7.92. The summed E-state index contributed by atoms with van der Waals surface area (Å²) in [5.41, 5.74) is 1.51. The Morgan fingerprint density at radius 2 is 1.50 bits per heavy atom. The number of anilines is 1. The van der Waals surface area contributed by atoms with Crippen LogP contribution in [-0.4, -0.2) is 58.0 Å². The maximum absolute atomic E-state index is 14.7. The molecule has 4 rings (SSSR count). The number of methoxy groups -OCH3 is 2. The summed E-state index contributed by atoms with van der Waals surface area (Å²) in [6.07, 6.45) is 0.838. The second kappa shape index (κ2) is 16.7. The number of hydrogen-bond donors (Lipinski definition) is 1. The molecular formula is C36H39Cl2N3O6S. The molecule has 2 unspecified atom stereocenters. The highest BCUT2D eigenvalue weighted by Crippen LogP contribution is 2.34. The van der Waals surface area contributed by atoms with Crippen LogP contribution in [0.2, 0.25) is 10.0 Å². The van der Waals surface area contributed by atoms with Gasteiger partial charge in [-0.05, 0) is 60.9 Å². The van der Waals surface area contributed by atoms with E-state index in [-0.39, 0.29) is 41.2 Å². The Labute approximate surface area is 292 Å². The van der Waals surface area contributed by atoms with Crippen LogP contribution in [0.4, 0.5) is 5.69 Å². The molecular weight excluding hydrogens is 673 g/mol. The average Bonchev–Trinajstić information content (AvgIpc) is 3.09. The second-order valence-electron chi connectivity index (χ2n) is 11.1. The summed E-state index contributed by atoms with van der Waals surface area (Å²) in [7, 11) is -1.39. The Morgan fingerprint density at radius 3 is 2.10 bits per heavy atom. The molecule has 0 bridgehead atoms. The summed E-state index contributed by atoms with van der Waals surface area (Å²) in [6.45, 7) is 3.10. The molecule has 0 aliphatic heterocycles. The highest BCUT2D eigenvalue weighted by Gasteiger charge is 2.35. The second-order valence-corrected chi connectivity index (χ2v) is 13.9. The summed E-state index contributed by atoms with van der Waals surface area (Å²) >= 11 is 12.8. The van der Waals surface area contributed by atoms with Crippen LogP contribution in [0.15, 0.2) is 102 Å². The molecule has 254 valence electrons. The molecule has 0 saturated heterocycles. The van der Waals surface area contributed by atoms with Gasteiger partial charge >= 0.3 is 0 Å². The lowest BCUT2D eigenvalue weighted by Gasteiger charge is -2.34. The van der Waals surface area contributed by atoms with Crippen LogP contribution in [0.1, 0.15) is 31.4 Å². The zero-order valence-corrected chi connectivity index (χ0v) is 29.6. The van der Waals surface area contributed by atoms with E-state index in [1.165, 1.54) is 43.4 Å².